The van der Waals surface area contributed by atoms with Gasteiger partial charge in [0.25, 0.3) is 0 Å². The van der Waals surface area contributed by atoms with E-state index in [4.69, 9.17) is 4.74 Å². The van der Waals surface area contributed by atoms with Gasteiger partial charge in [-0.3, -0.25) is 0 Å². The summed E-state index contributed by atoms with van der Waals surface area (Å²) in [6, 6.07) is 1.34. The van der Waals surface area contributed by atoms with Crippen molar-refractivity contribution in [3.63, 3.8) is 0 Å². The van der Waals surface area contributed by atoms with Crippen LogP contribution in [-0.4, -0.2) is 27.9 Å². The number of nitrogens with one attached hydrogen (secondary N) is 1. The molecule has 19 heavy (non-hydrogen) atoms. The molecule has 104 valence electrons. The van der Waals surface area contributed by atoms with Crippen molar-refractivity contribution in [3.8, 4) is 5.88 Å². The van der Waals surface area contributed by atoms with Gasteiger partial charge >= 0.3 is 12.3 Å². The van der Waals surface area contributed by atoms with E-state index < -0.39 is 17.9 Å². The maximum atomic E-state index is 11.1. The minimum absolute atomic E-state index is 0.0148. The highest BCUT2D eigenvalue weighted by Gasteiger charge is 2.18. The number of rotatable bonds is 3. The van der Waals surface area contributed by atoms with E-state index in [0.717, 1.165) is 0 Å². The molecule has 1 rings (SSSR count). The molecule has 0 fully saturated rings. The third kappa shape index (κ3) is 6.78. The molecule has 1 aromatic rings. The SMILES string of the molecule is CC(C)(C)OC(=O)ONOC(=O)Oc1ccncn1. The van der Waals surface area contributed by atoms with Crippen LogP contribution in [0.3, 0.4) is 0 Å². The average Bonchev–Trinajstić information content (AvgIpc) is 2.27. The lowest BCUT2D eigenvalue weighted by Crippen LogP contribution is -2.30. The van der Waals surface area contributed by atoms with E-state index in [1.54, 1.807) is 26.4 Å². The smallest absolute Gasteiger partial charge is 0.427 e. The molecule has 0 unspecified atom stereocenters. The van der Waals surface area contributed by atoms with Crippen molar-refractivity contribution in [2.75, 3.05) is 0 Å². The Hall–Kier alpha value is -2.42. The third-order valence-electron chi connectivity index (χ3n) is 1.38. The molecule has 0 spiro atoms. The Morgan fingerprint density at radius 2 is 1.89 bits per heavy atom. The maximum Gasteiger partial charge on any atom is 0.537 e. The largest absolute Gasteiger partial charge is 0.537 e. The van der Waals surface area contributed by atoms with Crippen LogP contribution in [-0.2, 0) is 14.4 Å². The number of hydrogen-bond donors (Lipinski definition) is 1. The van der Waals surface area contributed by atoms with Gasteiger partial charge in [-0.1, -0.05) is 0 Å². The van der Waals surface area contributed by atoms with Crippen LogP contribution in [0.2, 0.25) is 0 Å². The van der Waals surface area contributed by atoms with Crippen LogP contribution in [0.4, 0.5) is 9.59 Å². The van der Waals surface area contributed by atoms with Crippen LogP contribution in [0.1, 0.15) is 20.8 Å². The molecule has 1 N–H and O–H groups in total. The summed E-state index contributed by atoms with van der Waals surface area (Å²) in [6.45, 7) is 4.95. The minimum atomic E-state index is -1.16. The van der Waals surface area contributed by atoms with E-state index in [-0.39, 0.29) is 5.88 Å². The van der Waals surface area contributed by atoms with E-state index in [1.807, 2.05) is 0 Å². The van der Waals surface area contributed by atoms with Crippen LogP contribution in [0.25, 0.3) is 0 Å². The van der Waals surface area contributed by atoms with Crippen molar-refractivity contribution in [2.24, 2.45) is 0 Å². The summed E-state index contributed by atoms with van der Waals surface area (Å²) in [4.78, 5) is 37.9. The predicted molar refractivity (Wildman–Crippen MR) is 59.6 cm³/mol. The average molecular weight is 271 g/mol. The number of carbonyl (C=O) groups excluding carboxylic acids is 2. The number of hydrogen-bond acceptors (Lipinski definition) is 9. The summed E-state index contributed by atoms with van der Waals surface area (Å²) in [5.41, 5.74) is 0.913. The molecule has 9 nitrogen and oxygen atoms in total. The van der Waals surface area contributed by atoms with Gasteiger partial charge in [0.15, 0.2) is 0 Å². The first-order valence-corrected chi connectivity index (χ1v) is 5.16. The van der Waals surface area contributed by atoms with E-state index in [0.29, 0.717) is 0 Å². The van der Waals surface area contributed by atoms with Crippen LogP contribution in [0.5, 0.6) is 5.88 Å². The van der Waals surface area contributed by atoms with Gasteiger partial charge in [-0.25, -0.2) is 19.6 Å². The van der Waals surface area contributed by atoms with Crippen LogP contribution in [0.15, 0.2) is 18.6 Å². The number of carbonyl (C=O) groups is 2. The van der Waals surface area contributed by atoms with Gasteiger partial charge in [-0.05, 0) is 20.8 Å². The molecule has 1 heterocycles. The Balaban J connectivity index is 2.23. The lowest BCUT2D eigenvalue weighted by atomic mass is 10.2. The molecule has 0 radical (unpaired) electrons. The Morgan fingerprint density at radius 3 is 2.47 bits per heavy atom. The van der Waals surface area contributed by atoms with Crippen LogP contribution in [0, 0.1) is 0 Å². The lowest BCUT2D eigenvalue weighted by Gasteiger charge is -2.18. The quantitative estimate of drug-likeness (QED) is 0.643. The van der Waals surface area contributed by atoms with Crippen molar-refractivity contribution in [3.05, 3.63) is 18.6 Å². The second-order valence-corrected chi connectivity index (χ2v) is 4.15. The van der Waals surface area contributed by atoms with Crippen molar-refractivity contribution < 1.29 is 28.7 Å². The fraction of sp³-hybridized carbons (Fsp3) is 0.400. The fourth-order valence-corrected chi connectivity index (χ4v) is 0.805. The summed E-state index contributed by atoms with van der Waals surface area (Å²) in [6.07, 6.45) is 0.345. The molecule has 9 heteroatoms. The highest BCUT2D eigenvalue weighted by Crippen LogP contribution is 2.07. The zero-order valence-corrected chi connectivity index (χ0v) is 10.6. The molecule has 0 saturated carbocycles. The second kappa shape index (κ2) is 6.50. The summed E-state index contributed by atoms with van der Waals surface area (Å²) >= 11 is 0. The molecule has 0 aliphatic carbocycles. The molecule has 0 aromatic carbocycles. The van der Waals surface area contributed by atoms with Gasteiger partial charge in [0, 0.05) is 17.9 Å². The number of ether oxygens (including phenoxy) is 2. The van der Waals surface area contributed by atoms with Crippen molar-refractivity contribution in [1.82, 2.24) is 15.6 Å². The summed E-state index contributed by atoms with van der Waals surface area (Å²) in [5.74, 6) is -0.0148. The topological polar surface area (TPSA) is 109 Å². The number of nitrogens with zero attached hydrogens (tertiary/aromatic N) is 2. The second-order valence-electron chi connectivity index (χ2n) is 4.15. The van der Waals surface area contributed by atoms with E-state index in [1.165, 1.54) is 18.6 Å². The summed E-state index contributed by atoms with van der Waals surface area (Å²) in [7, 11) is 0. The zero-order chi connectivity index (χ0) is 14.3. The van der Waals surface area contributed by atoms with E-state index in [2.05, 4.69) is 24.4 Å². The lowest BCUT2D eigenvalue weighted by molar-refractivity contribution is -0.130. The first-order chi connectivity index (χ1) is 8.87. The Kier molecular flexibility index (Phi) is 5.01. The normalized spacial score (nSPS) is 10.5. The fourth-order valence-electron chi connectivity index (χ4n) is 0.805. The molecular weight excluding hydrogens is 258 g/mol. The van der Waals surface area contributed by atoms with Crippen molar-refractivity contribution in [1.29, 1.82) is 0 Å². The zero-order valence-electron chi connectivity index (χ0n) is 10.6. The molecule has 0 amide bonds. The van der Waals surface area contributed by atoms with Gasteiger partial charge in [-0.15, -0.1) is 0 Å². The summed E-state index contributed by atoms with van der Waals surface area (Å²) in [5, 5.41) is 0. The van der Waals surface area contributed by atoms with E-state index >= 15 is 0 Å². The summed E-state index contributed by atoms with van der Waals surface area (Å²) < 4.78 is 9.35. The molecule has 0 saturated heterocycles. The Bertz CT molecular complexity index is 431. The molecule has 0 aliphatic heterocycles. The molecular formula is C10H13N3O6. The van der Waals surface area contributed by atoms with Crippen LogP contribution < -0.4 is 10.4 Å². The standard InChI is InChI=1S/C10H13N3O6/c1-10(2,3)17-9(15)19-13-18-8(14)16-7-4-5-11-6-12-7/h4-6,13H,1-3H3. The van der Waals surface area contributed by atoms with E-state index in [9.17, 15) is 9.59 Å². The van der Waals surface area contributed by atoms with Crippen molar-refractivity contribution in [2.45, 2.75) is 26.4 Å². The molecule has 0 atom stereocenters. The van der Waals surface area contributed by atoms with Gasteiger partial charge in [0.2, 0.25) is 5.88 Å². The number of aromatic nitrogens is 2. The van der Waals surface area contributed by atoms with Gasteiger partial charge in [0.1, 0.15) is 11.9 Å². The molecule has 0 bridgehead atoms. The Morgan fingerprint density at radius 1 is 1.21 bits per heavy atom. The third-order valence-corrected chi connectivity index (χ3v) is 1.38. The van der Waals surface area contributed by atoms with Gasteiger partial charge in [-0.2, -0.15) is 0 Å². The highest BCUT2D eigenvalue weighted by atomic mass is 17.0. The highest BCUT2D eigenvalue weighted by molar-refractivity contribution is 5.63. The molecule has 1 aromatic heterocycles. The predicted octanol–water partition coefficient (Wildman–Crippen LogP) is 1.36. The van der Waals surface area contributed by atoms with Gasteiger partial charge in [0.05, 0.1) is 0 Å². The van der Waals surface area contributed by atoms with Gasteiger partial charge < -0.3 is 19.1 Å². The van der Waals surface area contributed by atoms with Crippen LogP contribution >= 0.6 is 0 Å². The minimum Gasteiger partial charge on any atom is -0.427 e. The first-order valence-electron chi connectivity index (χ1n) is 5.16. The maximum absolute atomic E-state index is 11.1. The Labute approximate surface area is 108 Å². The molecule has 0 aliphatic rings. The first kappa shape index (κ1) is 14.6. The van der Waals surface area contributed by atoms with Crippen molar-refractivity contribution >= 4 is 12.3 Å². The monoisotopic (exact) mass is 271 g/mol.